The molecule has 0 saturated heterocycles. The molecule has 2 aromatic carbocycles. The van der Waals surface area contributed by atoms with Crippen LogP contribution in [0.15, 0.2) is 54.6 Å². The largest absolute Gasteiger partial charge is 0.490 e. The number of benzene rings is 2. The van der Waals surface area contributed by atoms with Crippen molar-refractivity contribution >= 4 is 5.82 Å². The van der Waals surface area contributed by atoms with Crippen LogP contribution in [0.1, 0.15) is 12.5 Å². The Bertz CT molecular complexity index is 793. The third kappa shape index (κ3) is 3.35. The minimum Gasteiger partial charge on any atom is -0.490 e. The van der Waals surface area contributed by atoms with Crippen LogP contribution >= 0.6 is 0 Å². The Hall–Kier alpha value is -2.95. The maximum atomic E-state index is 6.10. The van der Waals surface area contributed by atoms with E-state index in [0.717, 1.165) is 16.8 Å². The lowest BCUT2D eigenvalue weighted by Crippen LogP contribution is -2.01. The van der Waals surface area contributed by atoms with Crippen molar-refractivity contribution in [1.29, 1.82) is 0 Å². The highest BCUT2D eigenvalue weighted by Gasteiger charge is 2.16. The predicted molar refractivity (Wildman–Crippen MR) is 95.0 cm³/mol. The van der Waals surface area contributed by atoms with Crippen molar-refractivity contribution in [2.75, 3.05) is 12.3 Å². The van der Waals surface area contributed by atoms with Gasteiger partial charge >= 0.3 is 0 Å². The van der Waals surface area contributed by atoms with E-state index in [1.165, 1.54) is 0 Å². The van der Waals surface area contributed by atoms with Crippen molar-refractivity contribution in [2.45, 2.75) is 13.5 Å². The SMILES string of the molecule is CCOc1cccc(-c2cc(N)n(C)n2)c1OCc1ccccc1. The summed E-state index contributed by atoms with van der Waals surface area (Å²) in [4.78, 5) is 0. The summed E-state index contributed by atoms with van der Waals surface area (Å²) in [5.41, 5.74) is 8.64. The molecule has 0 bridgehead atoms. The van der Waals surface area contributed by atoms with E-state index >= 15 is 0 Å². The minimum absolute atomic E-state index is 0.459. The Kier molecular flexibility index (Phi) is 4.70. The van der Waals surface area contributed by atoms with Crippen LogP contribution in [0.5, 0.6) is 11.5 Å². The first kappa shape index (κ1) is 15.9. The average Bonchev–Trinajstić information content (AvgIpc) is 2.93. The van der Waals surface area contributed by atoms with Gasteiger partial charge in [0.15, 0.2) is 11.5 Å². The summed E-state index contributed by atoms with van der Waals surface area (Å²) in [5, 5.41) is 4.45. The van der Waals surface area contributed by atoms with Gasteiger partial charge in [0.1, 0.15) is 12.4 Å². The van der Waals surface area contributed by atoms with Crippen LogP contribution < -0.4 is 15.2 Å². The summed E-state index contributed by atoms with van der Waals surface area (Å²) in [6, 6.07) is 17.7. The average molecular weight is 323 g/mol. The number of aryl methyl sites for hydroxylation is 1. The molecule has 2 N–H and O–H groups in total. The Labute approximate surface area is 141 Å². The molecule has 0 aliphatic rings. The van der Waals surface area contributed by atoms with Crippen molar-refractivity contribution in [1.82, 2.24) is 9.78 Å². The van der Waals surface area contributed by atoms with E-state index in [0.29, 0.717) is 30.5 Å². The van der Waals surface area contributed by atoms with Crippen LogP contribution in [0.2, 0.25) is 0 Å². The van der Waals surface area contributed by atoms with Gasteiger partial charge in [0.2, 0.25) is 0 Å². The fourth-order valence-electron chi connectivity index (χ4n) is 2.48. The number of hydrogen-bond acceptors (Lipinski definition) is 4. The molecule has 3 rings (SSSR count). The fraction of sp³-hybridized carbons (Fsp3) is 0.211. The van der Waals surface area contributed by atoms with Crippen LogP contribution in [-0.4, -0.2) is 16.4 Å². The highest BCUT2D eigenvalue weighted by Crippen LogP contribution is 2.38. The van der Waals surface area contributed by atoms with Gasteiger partial charge in [0.25, 0.3) is 0 Å². The molecule has 24 heavy (non-hydrogen) atoms. The number of aromatic nitrogens is 2. The van der Waals surface area contributed by atoms with Crippen molar-refractivity contribution in [3.63, 3.8) is 0 Å². The number of ether oxygens (including phenoxy) is 2. The molecule has 0 aliphatic heterocycles. The van der Waals surface area contributed by atoms with Crippen LogP contribution in [0.3, 0.4) is 0 Å². The lowest BCUT2D eigenvalue weighted by atomic mass is 10.1. The molecular weight excluding hydrogens is 302 g/mol. The van der Waals surface area contributed by atoms with Crippen molar-refractivity contribution in [3.8, 4) is 22.8 Å². The molecule has 1 heterocycles. The normalized spacial score (nSPS) is 10.6. The van der Waals surface area contributed by atoms with Crippen molar-refractivity contribution in [3.05, 3.63) is 60.2 Å². The molecule has 0 saturated carbocycles. The first-order chi connectivity index (χ1) is 11.7. The zero-order valence-electron chi connectivity index (χ0n) is 13.9. The Balaban J connectivity index is 1.97. The molecule has 124 valence electrons. The van der Waals surface area contributed by atoms with E-state index in [2.05, 4.69) is 5.10 Å². The molecule has 0 aliphatic carbocycles. The second kappa shape index (κ2) is 7.08. The topological polar surface area (TPSA) is 62.3 Å². The zero-order valence-corrected chi connectivity index (χ0v) is 13.9. The van der Waals surface area contributed by atoms with Gasteiger partial charge in [0, 0.05) is 18.7 Å². The van der Waals surface area contributed by atoms with Crippen LogP contribution in [0.4, 0.5) is 5.82 Å². The summed E-state index contributed by atoms with van der Waals surface area (Å²) < 4.78 is 13.5. The molecule has 0 spiro atoms. The van der Waals surface area contributed by atoms with Gasteiger partial charge in [-0.25, -0.2) is 0 Å². The lowest BCUT2D eigenvalue weighted by Gasteiger charge is -2.15. The predicted octanol–water partition coefficient (Wildman–Crippen LogP) is 3.65. The maximum Gasteiger partial charge on any atom is 0.171 e. The number of para-hydroxylation sites is 1. The molecular formula is C19H21N3O2. The van der Waals surface area contributed by atoms with Gasteiger partial charge in [0.05, 0.1) is 12.3 Å². The highest BCUT2D eigenvalue weighted by molar-refractivity contribution is 5.72. The standard InChI is InChI=1S/C19H21N3O2/c1-3-23-17-11-7-10-15(16-12-18(20)22(2)21-16)19(17)24-13-14-8-5-4-6-9-14/h4-12H,3,13,20H2,1-2H3. The van der Waals surface area contributed by atoms with Gasteiger partial charge in [-0.3, -0.25) is 4.68 Å². The third-order valence-electron chi connectivity index (χ3n) is 3.70. The van der Waals surface area contributed by atoms with E-state index in [-0.39, 0.29) is 0 Å². The number of nitrogens with two attached hydrogens (primary N) is 1. The first-order valence-electron chi connectivity index (χ1n) is 7.91. The number of nitrogens with zero attached hydrogens (tertiary/aromatic N) is 2. The van der Waals surface area contributed by atoms with E-state index in [1.807, 2.05) is 68.6 Å². The Morgan fingerprint density at radius 2 is 1.83 bits per heavy atom. The zero-order chi connectivity index (χ0) is 16.9. The van der Waals surface area contributed by atoms with Crippen LogP contribution in [-0.2, 0) is 13.7 Å². The van der Waals surface area contributed by atoms with Crippen LogP contribution in [0.25, 0.3) is 11.3 Å². The molecule has 5 nitrogen and oxygen atoms in total. The van der Waals surface area contributed by atoms with Crippen LogP contribution in [0, 0.1) is 0 Å². The van der Waals surface area contributed by atoms with Gasteiger partial charge in [-0.15, -0.1) is 0 Å². The molecule has 0 radical (unpaired) electrons. The maximum absolute atomic E-state index is 6.10. The highest BCUT2D eigenvalue weighted by atomic mass is 16.5. The first-order valence-corrected chi connectivity index (χ1v) is 7.91. The van der Waals surface area contributed by atoms with Gasteiger partial charge < -0.3 is 15.2 Å². The second-order valence-electron chi connectivity index (χ2n) is 5.42. The smallest absolute Gasteiger partial charge is 0.171 e. The molecule has 1 aromatic heterocycles. The van der Waals surface area contributed by atoms with E-state index < -0.39 is 0 Å². The molecule has 5 heteroatoms. The summed E-state index contributed by atoms with van der Waals surface area (Å²) in [6.07, 6.45) is 0. The van der Waals surface area contributed by atoms with Gasteiger partial charge in [-0.2, -0.15) is 5.10 Å². The fourth-order valence-corrected chi connectivity index (χ4v) is 2.48. The second-order valence-corrected chi connectivity index (χ2v) is 5.42. The quantitative estimate of drug-likeness (QED) is 0.752. The molecule has 0 unspecified atom stereocenters. The van der Waals surface area contributed by atoms with Crippen molar-refractivity contribution < 1.29 is 9.47 Å². The molecule has 0 atom stereocenters. The molecule has 0 amide bonds. The number of hydrogen-bond donors (Lipinski definition) is 1. The number of anilines is 1. The Morgan fingerprint density at radius 1 is 1.04 bits per heavy atom. The van der Waals surface area contributed by atoms with E-state index in [1.54, 1.807) is 4.68 Å². The summed E-state index contributed by atoms with van der Waals surface area (Å²) in [5.74, 6) is 1.98. The molecule has 3 aromatic rings. The third-order valence-corrected chi connectivity index (χ3v) is 3.70. The summed E-state index contributed by atoms with van der Waals surface area (Å²) in [6.45, 7) is 2.97. The number of nitrogen functional groups attached to an aromatic ring is 1. The number of rotatable bonds is 6. The van der Waals surface area contributed by atoms with E-state index in [4.69, 9.17) is 15.2 Å². The van der Waals surface area contributed by atoms with E-state index in [9.17, 15) is 0 Å². The minimum atomic E-state index is 0.459. The summed E-state index contributed by atoms with van der Waals surface area (Å²) >= 11 is 0. The summed E-state index contributed by atoms with van der Waals surface area (Å²) in [7, 11) is 1.82. The molecule has 0 fully saturated rings. The van der Waals surface area contributed by atoms with Crippen molar-refractivity contribution in [2.24, 2.45) is 7.05 Å². The van der Waals surface area contributed by atoms with Gasteiger partial charge in [-0.1, -0.05) is 36.4 Å². The monoisotopic (exact) mass is 323 g/mol. The Morgan fingerprint density at radius 3 is 2.50 bits per heavy atom. The van der Waals surface area contributed by atoms with Gasteiger partial charge in [-0.05, 0) is 24.6 Å². The lowest BCUT2D eigenvalue weighted by molar-refractivity contribution is 0.270.